The summed E-state index contributed by atoms with van der Waals surface area (Å²) >= 11 is 0. The van der Waals surface area contributed by atoms with E-state index < -0.39 is 0 Å². The zero-order chi connectivity index (χ0) is 14.5. The molecule has 0 aliphatic heterocycles. The zero-order valence-electron chi connectivity index (χ0n) is 13.1. The Balaban J connectivity index is 1.73. The summed E-state index contributed by atoms with van der Waals surface area (Å²) < 4.78 is 0. The van der Waals surface area contributed by atoms with Gasteiger partial charge in [-0.15, -0.1) is 0 Å². The van der Waals surface area contributed by atoms with Crippen molar-refractivity contribution in [3.63, 3.8) is 0 Å². The molecule has 3 heteroatoms. The summed E-state index contributed by atoms with van der Waals surface area (Å²) in [5, 5.41) is 0. The Kier molecular flexibility index (Phi) is 5.13. The van der Waals surface area contributed by atoms with Crippen LogP contribution in [0, 0.1) is 0 Å². The molecule has 0 bridgehead atoms. The van der Waals surface area contributed by atoms with E-state index in [-0.39, 0.29) is 0 Å². The van der Waals surface area contributed by atoms with Crippen LogP contribution in [0.15, 0.2) is 18.3 Å². The Morgan fingerprint density at radius 3 is 2.05 bits per heavy atom. The first-order valence-electron chi connectivity index (χ1n) is 8.79. The van der Waals surface area contributed by atoms with E-state index >= 15 is 0 Å². The van der Waals surface area contributed by atoms with Gasteiger partial charge in [0.05, 0.1) is 0 Å². The highest BCUT2D eigenvalue weighted by Crippen LogP contribution is 2.31. The highest BCUT2D eigenvalue weighted by atomic mass is 15.2. The maximum atomic E-state index is 5.86. The van der Waals surface area contributed by atoms with Crippen molar-refractivity contribution in [1.29, 1.82) is 0 Å². The predicted octanol–water partition coefficient (Wildman–Crippen LogP) is 4.13. The van der Waals surface area contributed by atoms with E-state index in [9.17, 15) is 0 Å². The molecule has 2 saturated carbocycles. The molecule has 3 nitrogen and oxygen atoms in total. The van der Waals surface area contributed by atoms with E-state index in [1.807, 2.05) is 6.20 Å². The van der Waals surface area contributed by atoms with Crippen molar-refractivity contribution in [3.05, 3.63) is 23.9 Å². The molecular weight excluding hydrogens is 258 g/mol. The molecule has 2 N–H and O–H groups in total. The van der Waals surface area contributed by atoms with Crippen molar-refractivity contribution < 1.29 is 0 Å². The second-order valence-corrected chi connectivity index (χ2v) is 6.84. The molecule has 1 heterocycles. The molecule has 2 aliphatic carbocycles. The molecular formula is C18H29N3. The van der Waals surface area contributed by atoms with Gasteiger partial charge in [0.2, 0.25) is 0 Å². The number of nitrogens with zero attached hydrogens (tertiary/aromatic N) is 2. The van der Waals surface area contributed by atoms with Crippen LogP contribution in [0.1, 0.15) is 69.8 Å². The highest BCUT2D eigenvalue weighted by Gasteiger charge is 2.28. The van der Waals surface area contributed by atoms with Gasteiger partial charge in [-0.2, -0.15) is 0 Å². The number of pyridine rings is 1. The maximum Gasteiger partial charge on any atom is 0.123 e. The van der Waals surface area contributed by atoms with Gasteiger partial charge in [0.25, 0.3) is 0 Å². The number of hydrogen-bond donors (Lipinski definition) is 1. The normalized spacial score (nSPS) is 21.8. The van der Waals surface area contributed by atoms with E-state index in [0.29, 0.717) is 5.82 Å². The molecule has 0 aromatic carbocycles. The molecule has 1 aromatic rings. The van der Waals surface area contributed by atoms with Gasteiger partial charge in [0.15, 0.2) is 0 Å². The second kappa shape index (κ2) is 7.26. The third-order valence-electron chi connectivity index (χ3n) is 5.30. The number of hydrogen-bond acceptors (Lipinski definition) is 3. The van der Waals surface area contributed by atoms with E-state index in [2.05, 4.69) is 22.0 Å². The molecule has 0 spiro atoms. The lowest BCUT2D eigenvalue weighted by atomic mass is 9.88. The maximum absolute atomic E-state index is 5.86. The average Bonchev–Trinajstić information content (AvgIpc) is 2.54. The Morgan fingerprint density at radius 2 is 1.52 bits per heavy atom. The summed E-state index contributed by atoms with van der Waals surface area (Å²) in [4.78, 5) is 6.94. The van der Waals surface area contributed by atoms with Crippen molar-refractivity contribution >= 4 is 5.82 Å². The molecule has 2 fully saturated rings. The summed E-state index contributed by atoms with van der Waals surface area (Å²) in [6.45, 7) is 1.06. The minimum absolute atomic E-state index is 0.653. The Labute approximate surface area is 128 Å². The van der Waals surface area contributed by atoms with Crippen molar-refractivity contribution in [2.45, 2.75) is 82.8 Å². The molecule has 116 valence electrons. The summed E-state index contributed by atoms with van der Waals surface area (Å²) in [6, 6.07) is 5.76. The van der Waals surface area contributed by atoms with Gasteiger partial charge < -0.3 is 5.73 Å². The molecule has 21 heavy (non-hydrogen) atoms. The molecule has 0 radical (unpaired) electrons. The van der Waals surface area contributed by atoms with Crippen LogP contribution < -0.4 is 5.73 Å². The van der Waals surface area contributed by atoms with Gasteiger partial charge in [-0.1, -0.05) is 38.5 Å². The van der Waals surface area contributed by atoms with Crippen molar-refractivity contribution in [3.8, 4) is 0 Å². The average molecular weight is 287 g/mol. The first-order chi connectivity index (χ1) is 10.3. The molecule has 0 atom stereocenters. The van der Waals surface area contributed by atoms with Gasteiger partial charge in [-0.25, -0.2) is 4.98 Å². The van der Waals surface area contributed by atoms with Crippen molar-refractivity contribution in [2.24, 2.45) is 0 Å². The molecule has 1 aromatic heterocycles. The van der Waals surface area contributed by atoms with Crippen LogP contribution in [0.25, 0.3) is 0 Å². The van der Waals surface area contributed by atoms with E-state index in [1.54, 1.807) is 0 Å². The van der Waals surface area contributed by atoms with Gasteiger partial charge in [0.1, 0.15) is 5.82 Å². The SMILES string of the molecule is Nc1cc(CN(C2CCCCC2)C2CCCCC2)ccn1. The fourth-order valence-electron chi connectivity index (χ4n) is 4.19. The lowest BCUT2D eigenvalue weighted by Gasteiger charge is -2.41. The first kappa shape index (κ1) is 14.8. The Hall–Kier alpha value is -1.09. The van der Waals surface area contributed by atoms with Gasteiger partial charge in [-0.05, 0) is 43.4 Å². The summed E-state index contributed by atoms with van der Waals surface area (Å²) in [7, 11) is 0. The second-order valence-electron chi connectivity index (χ2n) is 6.84. The van der Waals surface area contributed by atoms with Crippen LogP contribution >= 0.6 is 0 Å². The van der Waals surface area contributed by atoms with Crippen LogP contribution in [0.2, 0.25) is 0 Å². The molecule has 0 amide bonds. The van der Waals surface area contributed by atoms with Gasteiger partial charge in [-0.3, -0.25) is 4.90 Å². The quantitative estimate of drug-likeness (QED) is 0.905. The molecule has 2 aliphatic rings. The lowest BCUT2D eigenvalue weighted by Crippen LogP contribution is -2.44. The Morgan fingerprint density at radius 1 is 0.952 bits per heavy atom. The molecule has 3 rings (SSSR count). The first-order valence-corrected chi connectivity index (χ1v) is 8.79. The fourth-order valence-corrected chi connectivity index (χ4v) is 4.19. The fraction of sp³-hybridized carbons (Fsp3) is 0.722. The van der Waals surface area contributed by atoms with Gasteiger partial charge in [0, 0.05) is 24.8 Å². The third kappa shape index (κ3) is 3.97. The Bertz CT molecular complexity index is 416. The van der Waals surface area contributed by atoms with Crippen LogP contribution in [-0.4, -0.2) is 22.0 Å². The van der Waals surface area contributed by atoms with E-state index in [0.717, 1.165) is 18.6 Å². The van der Waals surface area contributed by atoms with Crippen LogP contribution in [0.4, 0.5) is 5.82 Å². The standard InChI is InChI=1S/C18H29N3/c19-18-13-15(11-12-20-18)14-21(16-7-3-1-4-8-16)17-9-5-2-6-10-17/h11-13,16-17H,1-10,14H2,(H2,19,20). The van der Waals surface area contributed by atoms with E-state index in [1.165, 1.54) is 69.8 Å². The molecule has 0 unspecified atom stereocenters. The predicted molar refractivity (Wildman–Crippen MR) is 87.9 cm³/mol. The van der Waals surface area contributed by atoms with Crippen molar-refractivity contribution in [2.75, 3.05) is 5.73 Å². The number of aromatic nitrogens is 1. The van der Waals surface area contributed by atoms with Crippen LogP contribution in [-0.2, 0) is 6.54 Å². The summed E-state index contributed by atoms with van der Waals surface area (Å²) in [5.74, 6) is 0.653. The largest absolute Gasteiger partial charge is 0.384 e. The van der Waals surface area contributed by atoms with E-state index in [4.69, 9.17) is 5.73 Å². The highest BCUT2D eigenvalue weighted by molar-refractivity contribution is 5.31. The summed E-state index contributed by atoms with van der Waals surface area (Å²) in [6.07, 6.45) is 15.9. The zero-order valence-corrected chi connectivity index (χ0v) is 13.1. The minimum atomic E-state index is 0.653. The minimum Gasteiger partial charge on any atom is -0.384 e. The monoisotopic (exact) mass is 287 g/mol. The number of nitrogen functional groups attached to an aromatic ring is 1. The summed E-state index contributed by atoms with van der Waals surface area (Å²) in [5.41, 5.74) is 7.19. The third-order valence-corrected chi connectivity index (χ3v) is 5.30. The van der Waals surface area contributed by atoms with Gasteiger partial charge >= 0.3 is 0 Å². The number of rotatable bonds is 4. The molecule has 0 saturated heterocycles. The van der Waals surface area contributed by atoms with Crippen LogP contribution in [0.5, 0.6) is 0 Å². The lowest BCUT2D eigenvalue weighted by molar-refractivity contribution is 0.0731. The van der Waals surface area contributed by atoms with Crippen molar-refractivity contribution in [1.82, 2.24) is 9.88 Å². The number of anilines is 1. The topological polar surface area (TPSA) is 42.1 Å². The smallest absolute Gasteiger partial charge is 0.123 e. The number of nitrogens with two attached hydrogens (primary N) is 1. The van der Waals surface area contributed by atoms with Crippen LogP contribution in [0.3, 0.4) is 0 Å².